The van der Waals surface area contributed by atoms with Crippen LogP contribution >= 0.6 is 11.9 Å². The van der Waals surface area contributed by atoms with Crippen molar-refractivity contribution in [2.24, 2.45) is 16.2 Å². The van der Waals surface area contributed by atoms with Gasteiger partial charge in [0.25, 0.3) is 0 Å². The standard InChI is InChI=1S/C5H9N3O2S/c1-2-3(5(9)10)4(7-6)11-8-2/h3-4,7H,6H2,1H3,(H,9,10). The summed E-state index contributed by atoms with van der Waals surface area (Å²) in [5.74, 6) is 3.63. The summed E-state index contributed by atoms with van der Waals surface area (Å²) in [6, 6.07) is 0. The number of hydrogen-bond acceptors (Lipinski definition) is 5. The number of nitrogens with one attached hydrogen (secondary N) is 1. The molecule has 0 spiro atoms. The van der Waals surface area contributed by atoms with E-state index in [-0.39, 0.29) is 5.37 Å². The number of nitrogens with two attached hydrogens (primary N) is 1. The van der Waals surface area contributed by atoms with E-state index in [1.54, 1.807) is 6.92 Å². The molecule has 1 aliphatic heterocycles. The number of aliphatic carboxylic acids is 1. The van der Waals surface area contributed by atoms with Crippen LogP contribution in [0, 0.1) is 5.92 Å². The van der Waals surface area contributed by atoms with Crippen LogP contribution in [0.1, 0.15) is 6.92 Å². The lowest BCUT2D eigenvalue weighted by atomic mass is 10.1. The third-order valence-electron chi connectivity index (χ3n) is 1.49. The third-order valence-corrected chi connectivity index (χ3v) is 2.52. The Bertz CT molecular complexity index is 206. The van der Waals surface area contributed by atoms with E-state index in [1.165, 1.54) is 0 Å². The van der Waals surface area contributed by atoms with Crippen LogP contribution < -0.4 is 11.3 Å². The monoisotopic (exact) mass is 175 g/mol. The lowest BCUT2D eigenvalue weighted by molar-refractivity contribution is -0.139. The van der Waals surface area contributed by atoms with Gasteiger partial charge in [-0.05, 0) is 18.9 Å². The van der Waals surface area contributed by atoms with Crippen LogP contribution in [0.2, 0.25) is 0 Å². The summed E-state index contributed by atoms with van der Waals surface area (Å²) in [6.45, 7) is 1.68. The number of hydrogen-bond donors (Lipinski definition) is 3. The van der Waals surface area contributed by atoms with E-state index in [2.05, 4.69) is 9.82 Å². The Balaban J connectivity index is 2.72. The van der Waals surface area contributed by atoms with Gasteiger partial charge in [0.15, 0.2) is 0 Å². The maximum Gasteiger partial charge on any atom is 0.314 e. The minimum atomic E-state index is -0.890. The molecule has 2 unspecified atom stereocenters. The van der Waals surface area contributed by atoms with Crippen LogP contribution in [0.4, 0.5) is 0 Å². The summed E-state index contributed by atoms with van der Waals surface area (Å²) in [5.41, 5.74) is 3.00. The zero-order chi connectivity index (χ0) is 8.43. The highest BCUT2D eigenvalue weighted by Crippen LogP contribution is 2.27. The molecule has 1 rings (SSSR count). The van der Waals surface area contributed by atoms with Crippen LogP contribution in [0.3, 0.4) is 0 Å². The number of carboxylic acid groups (broad SMARTS) is 1. The Hall–Kier alpha value is -0.590. The SMILES string of the molecule is CC1=NSC(NN)C1C(=O)O. The molecule has 0 amide bonds. The van der Waals surface area contributed by atoms with E-state index in [0.717, 1.165) is 11.9 Å². The summed E-state index contributed by atoms with van der Waals surface area (Å²) in [6.07, 6.45) is 0. The Morgan fingerprint density at radius 1 is 1.91 bits per heavy atom. The second-order valence-electron chi connectivity index (χ2n) is 2.24. The molecule has 1 heterocycles. The number of carboxylic acids is 1. The molecule has 0 aliphatic carbocycles. The highest BCUT2D eigenvalue weighted by Gasteiger charge is 2.35. The van der Waals surface area contributed by atoms with E-state index in [4.69, 9.17) is 10.9 Å². The maximum atomic E-state index is 10.6. The molecular formula is C5H9N3O2S. The number of nitrogens with zero attached hydrogens (tertiary/aromatic N) is 1. The first-order valence-corrected chi connectivity index (χ1v) is 3.89. The highest BCUT2D eigenvalue weighted by atomic mass is 32.2. The van der Waals surface area contributed by atoms with Gasteiger partial charge in [0, 0.05) is 5.71 Å². The quantitative estimate of drug-likeness (QED) is 0.302. The highest BCUT2D eigenvalue weighted by molar-refractivity contribution is 7.99. The van der Waals surface area contributed by atoms with E-state index in [1.807, 2.05) is 0 Å². The van der Waals surface area contributed by atoms with Gasteiger partial charge in [0.2, 0.25) is 0 Å². The fraction of sp³-hybridized carbons (Fsp3) is 0.600. The van der Waals surface area contributed by atoms with Crippen LogP contribution in [-0.4, -0.2) is 22.2 Å². The molecule has 0 saturated heterocycles. The fourth-order valence-corrected chi connectivity index (χ4v) is 1.80. The topological polar surface area (TPSA) is 87.7 Å². The largest absolute Gasteiger partial charge is 0.481 e. The molecule has 0 fully saturated rings. The Morgan fingerprint density at radius 2 is 2.55 bits per heavy atom. The van der Waals surface area contributed by atoms with Crippen molar-refractivity contribution >= 4 is 23.6 Å². The van der Waals surface area contributed by atoms with E-state index < -0.39 is 11.9 Å². The predicted octanol–water partition coefficient (Wildman–Crippen LogP) is -0.401. The molecule has 5 nitrogen and oxygen atoms in total. The molecule has 6 heteroatoms. The number of carbonyl (C=O) groups is 1. The van der Waals surface area contributed by atoms with Crippen molar-refractivity contribution in [3.63, 3.8) is 0 Å². The van der Waals surface area contributed by atoms with Crippen molar-refractivity contribution in [1.82, 2.24) is 5.43 Å². The van der Waals surface area contributed by atoms with E-state index >= 15 is 0 Å². The van der Waals surface area contributed by atoms with Gasteiger partial charge in [-0.2, -0.15) is 0 Å². The summed E-state index contributed by atoms with van der Waals surface area (Å²) in [7, 11) is 0. The van der Waals surface area contributed by atoms with Gasteiger partial charge in [-0.1, -0.05) is 0 Å². The molecule has 0 bridgehead atoms. The first kappa shape index (κ1) is 8.51. The molecule has 2 atom stereocenters. The summed E-state index contributed by atoms with van der Waals surface area (Å²) in [5, 5.41) is 8.37. The third kappa shape index (κ3) is 1.52. The van der Waals surface area contributed by atoms with Crippen molar-refractivity contribution in [2.75, 3.05) is 0 Å². The molecule has 0 saturated carbocycles. The van der Waals surface area contributed by atoms with Gasteiger partial charge in [-0.25, -0.2) is 9.82 Å². The van der Waals surface area contributed by atoms with Gasteiger partial charge < -0.3 is 5.11 Å². The first-order chi connectivity index (χ1) is 5.16. The van der Waals surface area contributed by atoms with Crippen molar-refractivity contribution in [1.29, 1.82) is 0 Å². The van der Waals surface area contributed by atoms with Gasteiger partial charge in [-0.3, -0.25) is 10.6 Å². The molecule has 11 heavy (non-hydrogen) atoms. The minimum absolute atomic E-state index is 0.326. The summed E-state index contributed by atoms with van der Waals surface area (Å²) in [4.78, 5) is 10.6. The molecular weight excluding hydrogens is 166 g/mol. The normalized spacial score (nSPS) is 30.2. The van der Waals surface area contributed by atoms with E-state index in [0.29, 0.717) is 5.71 Å². The second-order valence-corrected chi connectivity index (χ2v) is 3.14. The van der Waals surface area contributed by atoms with Gasteiger partial charge in [0.05, 0.1) is 0 Å². The summed E-state index contributed by atoms with van der Waals surface area (Å²) >= 11 is 1.16. The molecule has 1 aliphatic rings. The minimum Gasteiger partial charge on any atom is -0.481 e. The van der Waals surface area contributed by atoms with Crippen LogP contribution in [0.15, 0.2) is 4.40 Å². The van der Waals surface area contributed by atoms with Crippen LogP contribution in [0.25, 0.3) is 0 Å². The smallest absolute Gasteiger partial charge is 0.314 e. The molecule has 0 aromatic heterocycles. The number of hydrazine groups is 1. The zero-order valence-corrected chi connectivity index (χ0v) is 6.76. The van der Waals surface area contributed by atoms with Crippen LogP contribution in [-0.2, 0) is 4.79 Å². The Labute approximate surface area is 68.2 Å². The predicted molar refractivity (Wildman–Crippen MR) is 42.9 cm³/mol. The molecule has 0 aromatic carbocycles. The molecule has 0 radical (unpaired) electrons. The van der Waals surface area contributed by atoms with Crippen LogP contribution in [0.5, 0.6) is 0 Å². The van der Waals surface area contributed by atoms with Crippen molar-refractivity contribution in [3.05, 3.63) is 0 Å². The number of rotatable bonds is 2. The maximum absolute atomic E-state index is 10.6. The lowest BCUT2D eigenvalue weighted by Crippen LogP contribution is -2.41. The fourth-order valence-electron chi connectivity index (χ4n) is 0.911. The lowest BCUT2D eigenvalue weighted by Gasteiger charge is -2.12. The molecule has 0 aromatic rings. The zero-order valence-electron chi connectivity index (χ0n) is 5.94. The first-order valence-electron chi connectivity index (χ1n) is 3.06. The molecule has 4 N–H and O–H groups in total. The second kappa shape index (κ2) is 3.21. The van der Waals surface area contributed by atoms with Crippen molar-refractivity contribution in [2.45, 2.75) is 12.3 Å². The average Bonchev–Trinajstić information content (AvgIpc) is 2.30. The Kier molecular flexibility index (Phi) is 2.48. The summed E-state index contributed by atoms with van der Waals surface area (Å²) < 4.78 is 3.90. The van der Waals surface area contributed by atoms with Gasteiger partial charge in [-0.15, -0.1) is 0 Å². The molecule has 62 valence electrons. The Morgan fingerprint density at radius 3 is 2.91 bits per heavy atom. The average molecular weight is 175 g/mol. The van der Waals surface area contributed by atoms with Crippen molar-refractivity contribution in [3.8, 4) is 0 Å². The van der Waals surface area contributed by atoms with E-state index in [9.17, 15) is 4.79 Å². The van der Waals surface area contributed by atoms with Crippen molar-refractivity contribution < 1.29 is 9.90 Å². The van der Waals surface area contributed by atoms with Gasteiger partial charge in [0.1, 0.15) is 11.3 Å². The van der Waals surface area contributed by atoms with Gasteiger partial charge >= 0.3 is 5.97 Å².